The number of rotatable bonds is 3. The Labute approximate surface area is 187 Å². The molecule has 2 aliphatic heterocycles. The van der Waals surface area contributed by atoms with Gasteiger partial charge in [-0.15, -0.1) is 36.2 Å². The number of benzene rings is 1. The lowest BCUT2D eigenvalue weighted by atomic mass is 10.0. The van der Waals surface area contributed by atoms with E-state index in [1.807, 2.05) is 47.1 Å². The molecule has 2 fully saturated rings. The lowest BCUT2D eigenvalue weighted by Crippen LogP contribution is -2.57. The Bertz CT molecular complexity index is 846. The SMILES string of the molecule is Cc1nc(-c2ccccc2)c(C(=O)N2CCCC(N3CCNCC3=O)C2)s1.Cl.Cl. The van der Waals surface area contributed by atoms with Crippen molar-refractivity contribution in [2.75, 3.05) is 32.7 Å². The molecule has 0 aliphatic carbocycles. The van der Waals surface area contributed by atoms with Crippen molar-refractivity contribution in [1.29, 1.82) is 0 Å². The van der Waals surface area contributed by atoms with E-state index in [0.29, 0.717) is 18.0 Å². The molecule has 1 aromatic carbocycles. The minimum atomic E-state index is 0. The van der Waals surface area contributed by atoms with Crippen molar-refractivity contribution in [1.82, 2.24) is 20.1 Å². The third-order valence-corrected chi connectivity index (χ3v) is 6.18. The summed E-state index contributed by atoms with van der Waals surface area (Å²) in [6, 6.07) is 9.99. The van der Waals surface area contributed by atoms with Gasteiger partial charge in [-0.2, -0.15) is 0 Å². The van der Waals surface area contributed by atoms with Crippen LogP contribution in [0.1, 0.15) is 27.5 Å². The van der Waals surface area contributed by atoms with Crippen LogP contribution in [0.4, 0.5) is 0 Å². The van der Waals surface area contributed by atoms with Gasteiger partial charge in [-0.05, 0) is 19.8 Å². The second-order valence-electron chi connectivity index (χ2n) is 7.09. The fourth-order valence-electron chi connectivity index (χ4n) is 3.91. The van der Waals surface area contributed by atoms with Crippen LogP contribution in [0.5, 0.6) is 0 Å². The number of halogens is 2. The molecule has 2 aliphatic rings. The predicted molar refractivity (Wildman–Crippen MR) is 120 cm³/mol. The van der Waals surface area contributed by atoms with Crippen LogP contribution in [0.2, 0.25) is 0 Å². The number of thiazole rings is 1. The fourth-order valence-corrected chi connectivity index (χ4v) is 4.82. The number of carbonyl (C=O) groups is 2. The number of piperazine rings is 1. The van der Waals surface area contributed by atoms with Gasteiger partial charge in [0, 0.05) is 37.8 Å². The van der Waals surface area contributed by atoms with Gasteiger partial charge in [-0.1, -0.05) is 30.3 Å². The predicted octanol–water partition coefficient (Wildman–Crippen LogP) is 3.00. The van der Waals surface area contributed by atoms with Crippen LogP contribution in [-0.4, -0.2) is 65.4 Å². The summed E-state index contributed by atoms with van der Waals surface area (Å²) in [5, 5.41) is 4.01. The van der Waals surface area contributed by atoms with E-state index in [2.05, 4.69) is 10.3 Å². The average molecular weight is 457 g/mol. The largest absolute Gasteiger partial charge is 0.336 e. The van der Waals surface area contributed by atoms with Gasteiger partial charge in [0.05, 0.1) is 17.2 Å². The van der Waals surface area contributed by atoms with Crippen molar-refractivity contribution in [3.05, 3.63) is 40.2 Å². The van der Waals surface area contributed by atoms with Crippen LogP contribution in [0, 0.1) is 6.92 Å². The zero-order valence-electron chi connectivity index (χ0n) is 16.3. The van der Waals surface area contributed by atoms with Crippen LogP contribution in [0.15, 0.2) is 30.3 Å². The summed E-state index contributed by atoms with van der Waals surface area (Å²) in [6.07, 6.45) is 1.88. The molecule has 3 heterocycles. The lowest BCUT2D eigenvalue weighted by molar-refractivity contribution is -0.135. The first-order valence-electron chi connectivity index (χ1n) is 9.46. The molecule has 1 N–H and O–H groups in total. The summed E-state index contributed by atoms with van der Waals surface area (Å²) in [5.74, 6) is 0.172. The summed E-state index contributed by atoms with van der Waals surface area (Å²) >= 11 is 1.46. The maximum Gasteiger partial charge on any atom is 0.266 e. The summed E-state index contributed by atoms with van der Waals surface area (Å²) in [4.78, 5) is 34.7. The highest BCUT2D eigenvalue weighted by Crippen LogP contribution is 2.30. The second-order valence-corrected chi connectivity index (χ2v) is 8.29. The molecular formula is C20H26Cl2N4O2S. The topological polar surface area (TPSA) is 65.5 Å². The summed E-state index contributed by atoms with van der Waals surface area (Å²) in [7, 11) is 0. The van der Waals surface area contributed by atoms with E-state index in [9.17, 15) is 9.59 Å². The van der Waals surface area contributed by atoms with Crippen LogP contribution < -0.4 is 5.32 Å². The van der Waals surface area contributed by atoms with Crippen LogP contribution in [0.3, 0.4) is 0 Å². The number of hydrogen-bond acceptors (Lipinski definition) is 5. The number of amides is 2. The van der Waals surface area contributed by atoms with E-state index >= 15 is 0 Å². The van der Waals surface area contributed by atoms with Gasteiger partial charge in [0.25, 0.3) is 5.91 Å². The summed E-state index contributed by atoms with van der Waals surface area (Å²) in [5.41, 5.74) is 1.74. The van der Waals surface area contributed by atoms with E-state index < -0.39 is 0 Å². The first kappa shape index (κ1) is 23.6. The summed E-state index contributed by atoms with van der Waals surface area (Å²) in [6.45, 7) is 5.22. The van der Waals surface area contributed by atoms with Crippen molar-refractivity contribution < 1.29 is 9.59 Å². The molecule has 9 heteroatoms. The van der Waals surface area contributed by atoms with E-state index in [1.54, 1.807) is 0 Å². The highest BCUT2D eigenvalue weighted by molar-refractivity contribution is 7.14. The van der Waals surface area contributed by atoms with Gasteiger partial charge in [-0.3, -0.25) is 9.59 Å². The number of nitrogens with one attached hydrogen (secondary N) is 1. The Hall–Kier alpha value is -1.67. The molecule has 0 saturated carbocycles. The molecule has 29 heavy (non-hydrogen) atoms. The Balaban J connectivity index is 0.00000150. The van der Waals surface area contributed by atoms with Gasteiger partial charge in [0.1, 0.15) is 4.88 Å². The Morgan fingerprint density at radius 3 is 2.69 bits per heavy atom. The van der Waals surface area contributed by atoms with Gasteiger partial charge < -0.3 is 15.1 Å². The van der Waals surface area contributed by atoms with Gasteiger partial charge in [0.15, 0.2) is 0 Å². The van der Waals surface area contributed by atoms with Crippen LogP contribution in [-0.2, 0) is 4.79 Å². The smallest absolute Gasteiger partial charge is 0.266 e. The highest BCUT2D eigenvalue weighted by atomic mass is 35.5. The van der Waals surface area contributed by atoms with Crippen LogP contribution in [0.25, 0.3) is 11.3 Å². The molecule has 0 bridgehead atoms. The number of carbonyl (C=O) groups excluding carboxylic acids is 2. The molecule has 4 rings (SSSR count). The Kier molecular flexibility index (Phi) is 8.46. The third kappa shape index (κ3) is 5.09. The molecule has 2 saturated heterocycles. The maximum absolute atomic E-state index is 13.3. The molecule has 2 aromatic rings. The van der Waals surface area contributed by atoms with Gasteiger partial charge >= 0.3 is 0 Å². The fraction of sp³-hybridized carbons (Fsp3) is 0.450. The van der Waals surface area contributed by atoms with E-state index in [4.69, 9.17) is 0 Å². The van der Waals surface area contributed by atoms with Gasteiger partial charge in [-0.25, -0.2) is 4.98 Å². The Morgan fingerprint density at radius 1 is 1.21 bits per heavy atom. The molecule has 0 radical (unpaired) electrons. The number of aryl methyl sites for hydroxylation is 1. The molecule has 1 aromatic heterocycles. The normalized spacial score (nSPS) is 19.3. The number of likely N-dealkylation sites (tertiary alicyclic amines) is 1. The van der Waals surface area contributed by atoms with E-state index in [1.165, 1.54) is 11.3 Å². The van der Waals surface area contributed by atoms with Crippen molar-refractivity contribution in [3.63, 3.8) is 0 Å². The minimum absolute atomic E-state index is 0. The first-order chi connectivity index (χ1) is 13.1. The minimum Gasteiger partial charge on any atom is -0.336 e. The number of aromatic nitrogens is 1. The number of piperidine rings is 1. The van der Waals surface area contributed by atoms with Crippen LogP contribution >= 0.6 is 36.2 Å². The second kappa shape index (κ2) is 10.4. The van der Waals surface area contributed by atoms with Crippen molar-refractivity contribution in [3.8, 4) is 11.3 Å². The standard InChI is InChI=1S/C20H24N4O2S.2ClH/c1-14-22-18(15-6-3-2-4-7-15)19(27-14)20(26)23-10-5-8-16(13-23)24-11-9-21-12-17(24)25;;/h2-4,6-7,16,21H,5,8-13H2,1H3;2*1H. The molecule has 2 amide bonds. The summed E-state index contributed by atoms with van der Waals surface area (Å²) < 4.78 is 0. The average Bonchev–Trinajstić information content (AvgIpc) is 3.10. The van der Waals surface area contributed by atoms with Crippen molar-refractivity contribution >= 4 is 48.0 Å². The highest BCUT2D eigenvalue weighted by Gasteiger charge is 2.33. The first-order valence-corrected chi connectivity index (χ1v) is 10.3. The zero-order chi connectivity index (χ0) is 18.8. The monoisotopic (exact) mass is 456 g/mol. The van der Waals surface area contributed by atoms with E-state index in [-0.39, 0.29) is 42.7 Å². The quantitative estimate of drug-likeness (QED) is 0.770. The molecule has 6 nitrogen and oxygen atoms in total. The molecule has 1 atom stereocenters. The lowest BCUT2D eigenvalue weighted by Gasteiger charge is -2.41. The maximum atomic E-state index is 13.3. The molecule has 0 spiro atoms. The van der Waals surface area contributed by atoms with Crippen molar-refractivity contribution in [2.24, 2.45) is 0 Å². The Morgan fingerprint density at radius 2 is 1.97 bits per heavy atom. The van der Waals surface area contributed by atoms with Crippen molar-refractivity contribution in [2.45, 2.75) is 25.8 Å². The molecular weight excluding hydrogens is 431 g/mol. The molecule has 1 unspecified atom stereocenters. The third-order valence-electron chi connectivity index (χ3n) is 5.23. The van der Waals surface area contributed by atoms with E-state index in [0.717, 1.165) is 48.7 Å². The number of hydrogen-bond donors (Lipinski definition) is 1. The zero-order valence-corrected chi connectivity index (χ0v) is 18.7. The van der Waals surface area contributed by atoms with Gasteiger partial charge in [0.2, 0.25) is 5.91 Å². The number of nitrogens with zero attached hydrogens (tertiary/aromatic N) is 3. The molecule has 158 valence electrons.